The number of aromatic nitrogens is 2. The van der Waals surface area contributed by atoms with Gasteiger partial charge in [0.05, 0.1) is 30.6 Å². The van der Waals surface area contributed by atoms with E-state index in [9.17, 15) is 14.3 Å². The number of nitrogens with one attached hydrogen (secondary N) is 1. The SMILES string of the molecule is O=C(Cc1ccc(F)cc1)Nc1ncc(-c2ccc(CO)cc2)nc1Cc1ccccc1. The molecule has 1 aromatic heterocycles. The van der Waals surface area contributed by atoms with Crippen molar-refractivity contribution in [1.29, 1.82) is 0 Å². The van der Waals surface area contributed by atoms with Crippen molar-refractivity contribution in [2.45, 2.75) is 19.4 Å². The third-order valence-corrected chi connectivity index (χ3v) is 5.03. The average Bonchev–Trinajstić information content (AvgIpc) is 2.82. The smallest absolute Gasteiger partial charge is 0.229 e. The van der Waals surface area contributed by atoms with Crippen LogP contribution in [0.1, 0.15) is 22.4 Å². The second-order valence-corrected chi connectivity index (χ2v) is 7.42. The van der Waals surface area contributed by atoms with Crippen LogP contribution < -0.4 is 5.32 Å². The van der Waals surface area contributed by atoms with Crippen molar-refractivity contribution in [1.82, 2.24) is 9.97 Å². The summed E-state index contributed by atoms with van der Waals surface area (Å²) in [4.78, 5) is 21.9. The molecule has 1 amide bonds. The van der Waals surface area contributed by atoms with Gasteiger partial charge in [0.15, 0.2) is 5.82 Å². The number of amides is 1. The third kappa shape index (κ3) is 5.42. The molecule has 0 atom stereocenters. The highest BCUT2D eigenvalue weighted by Crippen LogP contribution is 2.22. The minimum atomic E-state index is -0.340. The number of aliphatic hydroxyl groups excluding tert-OH is 1. The summed E-state index contributed by atoms with van der Waals surface area (Å²) >= 11 is 0. The lowest BCUT2D eigenvalue weighted by molar-refractivity contribution is -0.115. The van der Waals surface area contributed by atoms with E-state index in [4.69, 9.17) is 4.98 Å². The van der Waals surface area contributed by atoms with Gasteiger partial charge in [-0.15, -0.1) is 0 Å². The molecule has 4 aromatic rings. The summed E-state index contributed by atoms with van der Waals surface area (Å²) in [6, 6.07) is 23.1. The van der Waals surface area contributed by atoms with Gasteiger partial charge in [-0.2, -0.15) is 0 Å². The molecule has 0 spiro atoms. The molecule has 2 N–H and O–H groups in total. The highest BCUT2D eigenvalue weighted by molar-refractivity contribution is 5.92. The molecule has 0 aliphatic rings. The van der Waals surface area contributed by atoms with Gasteiger partial charge in [-0.3, -0.25) is 4.79 Å². The van der Waals surface area contributed by atoms with Crippen LogP contribution in [0, 0.1) is 5.82 Å². The minimum Gasteiger partial charge on any atom is -0.392 e. The maximum absolute atomic E-state index is 13.1. The first-order valence-electron chi connectivity index (χ1n) is 10.2. The molecule has 160 valence electrons. The third-order valence-electron chi connectivity index (χ3n) is 5.03. The van der Waals surface area contributed by atoms with Gasteiger partial charge in [0, 0.05) is 12.0 Å². The van der Waals surface area contributed by atoms with Crippen molar-refractivity contribution in [2.75, 3.05) is 5.32 Å². The van der Waals surface area contributed by atoms with Crippen LogP contribution in [0.5, 0.6) is 0 Å². The van der Waals surface area contributed by atoms with E-state index >= 15 is 0 Å². The molecule has 5 nitrogen and oxygen atoms in total. The lowest BCUT2D eigenvalue weighted by atomic mass is 10.1. The Kier molecular flexibility index (Phi) is 6.63. The Morgan fingerprint density at radius 3 is 2.25 bits per heavy atom. The van der Waals surface area contributed by atoms with E-state index in [2.05, 4.69) is 10.3 Å². The number of hydrogen-bond donors (Lipinski definition) is 2. The summed E-state index contributed by atoms with van der Waals surface area (Å²) in [7, 11) is 0. The van der Waals surface area contributed by atoms with Crippen LogP contribution in [0.2, 0.25) is 0 Å². The molecule has 3 aromatic carbocycles. The summed E-state index contributed by atoms with van der Waals surface area (Å²) in [5.41, 5.74) is 4.76. The van der Waals surface area contributed by atoms with Crippen molar-refractivity contribution >= 4 is 11.7 Å². The van der Waals surface area contributed by atoms with Crippen molar-refractivity contribution in [3.8, 4) is 11.3 Å². The Morgan fingerprint density at radius 1 is 0.875 bits per heavy atom. The van der Waals surface area contributed by atoms with E-state index in [-0.39, 0.29) is 24.8 Å². The van der Waals surface area contributed by atoms with Crippen molar-refractivity contribution in [3.63, 3.8) is 0 Å². The first-order valence-corrected chi connectivity index (χ1v) is 10.2. The maximum Gasteiger partial charge on any atom is 0.229 e. The summed E-state index contributed by atoms with van der Waals surface area (Å²) in [6.07, 6.45) is 2.23. The number of aliphatic hydroxyl groups is 1. The highest BCUT2D eigenvalue weighted by atomic mass is 19.1. The number of carbonyl (C=O) groups excluding carboxylic acids is 1. The molecule has 32 heavy (non-hydrogen) atoms. The van der Waals surface area contributed by atoms with E-state index in [0.29, 0.717) is 29.2 Å². The molecule has 0 aliphatic carbocycles. The molecular weight excluding hydrogens is 405 g/mol. The molecule has 0 saturated carbocycles. The first kappa shape index (κ1) is 21.3. The standard InChI is InChI=1S/C26H22FN3O2/c27-22-12-8-19(9-13-22)15-25(32)30-26-23(14-18-4-2-1-3-5-18)29-24(16-28-26)21-10-6-20(17-31)7-11-21/h1-13,16,31H,14-15,17H2,(H,28,30,32). The second kappa shape index (κ2) is 9.94. The van der Waals surface area contributed by atoms with Crippen LogP contribution in [0.25, 0.3) is 11.3 Å². The fourth-order valence-corrected chi connectivity index (χ4v) is 3.33. The molecule has 6 heteroatoms. The Hall–Kier alpha value is -3.90. The average molecular weight is 427 g/mol. The largest absolute Gasteiger partial charge is 0.392 e. The number of carbonyl (C=O) groups is 1. The Labute approximate surface area is 185 Å². The van der Waals surface area contributed by atoms with Crippen LogP contribution in [-0.4, -0.2) is 21.0 Å². The number of benzene rings is 3. The number of rotatable bonds is 7. The van der Waals surface area contributed by atoms with Crippen LogP contribution in [0.4, 0.5) is 10.2 Å². The van der Waals surface area contributed by atoms with E-state index in [1.165, 1.54) is 12.1 Å². The zero-order valence-corrected chi connectivity index (χ0v) is 17.3. The molecule has 0 saturated heterocycles. The van der Waals surface area contributed by atoms with Crippen LogP contribution >= 0.6 is 0 Å². The quantitative estimate of drug-likeness (QED) is 0.454. The van der Waals surface area contributed by atoms with Crippen molar-refractivity contribution in [3.05, 3.63) is 113 Å². The van der Waals surface area contributed by atoms with E-state index in [1.54, 1.807) is 18.3 Å². The van der Waals surface area contributed by atoms with Gasteiger partial charge in [0.1, 0.15) is 5.82 Å². The van der Waals surface area contributed by atoms with Crippen molar-refractivity contribution in [2.24, 2.45) is 0 Å². The zero-order valence-electron chi connectivity index (χ0n) is 17.3. The van der Waals surface area contributed by atoms with Crippen LogP contribution in [0.3, 0.4) is 0 Å². The monoisotopic (exact) mass is 427 g/mol. The molecule has 0 unspecified atom stereocenters. The number of anilines is 1. The van der Waals surface area contributed by atoms with Gasteiger partial charge in [0.2, 0.25) is 5.91 Å². The number of halogens is 1. The molecular formula is C26H22FN3O2. The van der Waals surface area contributed by atoms with Gasteiger partial charge in [-0.25, -0.2) is 14.4 Å². The first-order chi connectivity index (χ1) is 15.6. The predicted octanol–water partition coefficient (Wildman–Crippen LogP) is 4.55. The lowest BCUT2D eigenvalue weighted by Crippen LogP contribution is -2.17. The highest BCUT2D eigenvalue weighted by Gasteiger charge is 2.13. The summed E-state index contributed by atoms with van der Waals surface area (Å²) in [6.45, 7) is -0.0236. The molecule has 0 bridgehead atoms. The Bertz CT molecular complexity index is 1190. The Morgan fingerprint density at radius 2 is 1.56 bits per heavy atom. The van der Waals surface area contributed by atoms with Crippen molar-refractivity contribution < 1.29 is 14.3 Å². The van der Waals surface area contributed by atoms with Gasteiger partial charge < -0.3 is 10.4 Å². The Balaban J connectivity index is 1.60. The number of nitrogens with zero attached hydrogens (tertiary/aromatic N) is 2. The molecule has 0 radical (unpaired) electrons. The van der Waals surface area contributed by atoms with E-state index < -0.39 is 0 Å². The molecule has 1 heterocycles. The van der Waals surface area contributed by atoms with Gasteiger partial charge >= 0.3 is 0 Å². The van der Waals surface area contributed by atoms with Gasteiger partial charge in [0.25, 0.3) is 0 Å². The number of hydrogen-bond acceptors (Lipinski definition) is 4. The fourth-order valence-electron chi connectivity index (χ4n) is 3.33. The molecule has 0 aliphatic heterocycles. The van der Waals surface area contributed by atoms with E-state index in [0.717, 1.165) is 16.7 Å². The zero-order chi connectivity index (χ0) is 22.3. The van der Waals surface area contributed by atoms with Crippen LogP contribution in [-0.2, 0) is 24.2 Å². The lowest BCUT2D eigenvalue weighted by Gasteiger charge is -2.12. The molecule has 0 fully saturated rings. The normalized spacial score (nSPS) is 10.7. The molecule has 4 rings (SSSR count). The second-order valence-electron chi connectivity index (χ2n) is 7.42. The van der Waals surface area contributed by atoms with Gasteiger partial charge in [-0.1, -0.05) is 66.7 Å². The fraction of sp³-hybridized carbons (Fsp3) is 0.115. The van der Waals surface area contributed by atoms with Crippen LogP contribution in [0.15, 0.2) is 85.1 Å². The van der Waals surface area contributed by atoms with E-state index in [1.807, 2.05) is 54.6 Å². The topological polar surface area (TPSA) is 75.1 Å². The van der Waals surface area contributed by atoms with Gasteiger partial charge in [-0.05, 0) is 28.8 Å². The summed E-state index contributed by atoms with van der Waals surface area (Å²) in [5, 5.41) is 12.1. The summed E-state index contributed by atoms with van der Waals surface area (Å²) in [5.74, 6) is -0.190. The minimum absolute atomic E-state index is 0.0236. The predicted molar refractivity (Wildman–Crippen MR) is 121 cm³/mol. The summed E-state index contributed by atoms with van der Waals surface area (Å²) < 4.78 is 13.1. The maximum atomic E-state index is 13.1.